The van der Waals surface area contributed by atoms with E-state index in [0.29, 0.717) is 5.92 Å². The Labute approximate surface area is 159 Å². The zero-order chi connectivity index (χ0) is 19.0. The normalized spacial score (nSPS) is 27.6. The first kappa shape index (κ1) is 18.4. The Morgan fingerprint density at radius 3 is 2.63 bits per heavy atom. The summed E-state index contributed by atoms with van der Waals surface area (Å²) in [5.74, 6) is 0.343. The van der Waals surface area contributed by atoms with Crippen LogP contribution in [-0.2, 0) is 9.59 Å². The smallest absolute Gasteiger partial charge is 0.248 e. The van der Waals surface area contributed by atoms with E-state index in [2.05, 4.69) is 15.6 Å². The summed E-state index contributed by atoms with van der Waals surface area (Å²) in [4.78, 5) is 27.4. The van der Waals surface area contributed by atoms with E-state index >= 15 is 0 Å². The molecule has 0 radical (unpaired) electrons. The number of rotatable bonds is 5. The van der Waals surface area contributed by atoms with Crippen LogP contribution in [0.1, 0.15) is 69.0 Å². The van der Waals surface area contributed by atoms with Gasteiger partial charge in [-0.1, -0.05) is 24.5 Å². The molecular weight excluding hydrogens is 346 g/mol. The van der Waals surface area contributed by atoms with Crippen LogP contribution >= 0.6 is 0 Å². The minimum atomic E-state index is -0.666. The molecule has 8 heteroatoms. The van der Waals surface area contributed by atoms with Gasteiger partial charge in [-0.2, -0.15) is 0 Å². The number of likely N-dealkylation sites (tertiary alicyclic amines) is 1. The molecule has 0 aromatic carbocycles. The van der Waals surface area contributed by atoms with Gasteiger partial charge in [0.1, 0.15) is 12.1 Å². The van der Waals surface area contributed by atoms with Crippen LogP contribution in [0.4, 0.5) is 0 Å². The summed E-state index contributed by atoms with van der Waals surface area (Å²) < 4.78 is 1.73. The Morgan fingerprint density at radius 1 is 1.22 bits per heavy atom. The van der Waals surface area contributed by atoms with Gasteiger partial charge in [-0.25, -0.2) is 4.68 Å². The largest absolute Gasteiger partial charge is 0.391 e. The number of hydrogen-bond donors (Lipinski definition) is 2. The Bertz CT molecular complexity index is 695. The van der Waals surface area contributed by atoms with Crippen LogP contribution in [0.3, 0.4) is 0 Å². The summed E-state index contributed by atoms with van der Waals surface area (Å²) >= 11 is 0. The van der Waals surface area contributed by atoms with Crippen molar-refractivity contribution in [2.75, 3.05) is 13.6 Å². The third kappa shape index (κ3) is 3.72. The van der Waals surface area contributed by atoms with Gasteiger partial charge in [0.15, 0.2) is 0 Å². The van der Waals surface area contributed by atoms with Crippen LogP contribution in [0.25, 0.3) is 0 Å². The fourth-order valence-electron chi connectivity index (χ4n) is 4.62. The first-order valence-electron chi connectivity index (χ1n) is 10.2. The molecule has 2 saturated carbocycles. The van der Waals surface area contributed by atoms with Crippen molar-refractivity contribution in [1.82, 2.24) is 25.2 Å². The molecule has 148 valence electrons. The van der Waals surface area contributed by atoms with E-state index in [0.717, 1.165) is 44.2 Å². The lowest BCUT2D eigenvalue weighted by atomic mass is 9.83. The van der Waals surface area contributed by atoms with Crippen molar-refractivity contribution >= 4 is 11.8 Å². The predicted octanol–water partition coefficient (Wildman–Crippen LogP) is 0.985. The number of aliphatic hydroxyl groups is 1. The highest BCUT2D eigenvalue weighted by atomic mass is 16.3. The quantitative estimate of drug-likeness (QED) is 0.799. The number of aromatic nitrogens is 3. The SMILES string of the molecule is CNC(=O)[C@@H]1C[C@@H](O)CN1C(=O)[C@H](C1CCCCC1)n1cc(C2CC2)nn1. The highest BCUT2D eigenvalue weighted by Gasteiger charge is 2.44. The molecule has 1 aliphatic heterocycles. The lowest BCUT2D eigenvalue weighted by Crippen LogP contribution is -2.49. The maximum absolute atomic E-state index is 13.6. The van der Waals surface area contributed by atoms with Gasteiger partial charge in [-0.05, 0) is 31.6 Å². The predicted molar refractivity (Wildman–Crippen MR) is 97.8 cm³/mol. The first-order valence-corrected chi connectivity index (χ1v) is 10.2. The maximum atomic E-state index is 13.6. The Hall–Kier alpha value is -1.96. The highest BCUT2D eigenvalue weighted by Crippen LogP contribution is 2.40. The third-order valence-corrected chi connectivity index (χ3v) is 6.27. The van der Waals surface area contributed by atoms with E-state index in [1.54, 1.807) is 16.6 Å². The van der Waals surface area contributed by atoms with Crippen LogP contribution in [0, 0.1) is 5.92 Å². The average Bonchev–Trinajstić information content (AvgIpc) is 3.30. The summed E-state index contributed by atoms with van der Waals surface area (Å²) in [6.45, 7) is 0.199. The first-order chi connectivity index (χ1) is 13.1. The number of β-amino-alcohol motifs (C(OH)–C–C–N with tert-alkyl or cyclic N) is 1. The molecule has 0 bridgehead atoms. The minimum Gasteiger partial charge on any atom is -0.391 e. The lowest BCUT2D eigenvalue weighted by Gasteiger charge is -2.33. The van der Waals surface area contributed by atoms with Crippen molar-refractivity contribution in [3.8, 4) is 0 Å². The number of hydrogen-bond acceptors (Lipinski definition) is 5. The van der Waals surface area contributed by atoms with Gasteiger partial charge in [0, 0.05) is 32.1 Å². The van der Waals surface area contributed by atoms with E-state index in [1.165, 1.54) is 6.42 Å². The zero-order valence-corrected chi connectivity index (χ0v) is 15.9. The van der Waals surface area contributed by atoms with Crippen LogP contribution in [-0.4, -0.2) is 62.6 Å². The topological polar surface area (TPSA) is 100 Å². The molecule has 8 nitrogen and oxygen atoms in total. The molecule has 1 aromatic rings. The molecule has 2 aliphatic carbocycles. The van der Waals surface area contributed by atoms with Gasteiger partial charge in [0.05, 0.1) is 11.8 Å². The van der Waals surface area contributed by atoms with Crippen LogP contribution in [0.5, 0.6) is 0 Å². The lowest BCUT2D eigenvalue weighted by molar-refractivity contribution is -0.143. The molecule has 27 heavy (non-hydrogen) atoms. The van der Waals surface area contributed by atoms with Crippen molar-refractivity contribution in [2.24, 2.45) is 5.92 Å². The van der Waals surface area contributed by atoms with Crippen LogP contribution in [0.15, 0.2) is 6.20 Å². The number of aliphatic hydroxyl groups excluding tert-OH is 1. The van der Waals surface area contributed by atoms with Gasteiger partial charge in [0.25, 0.3) is 0 Å². The molecule has 2 N–H and O–H groups in total. The molecule has 0 unspecified atom stereocenters. The van der Waals surface area contributed by atoms with E-state index in [9.17, 15) is 14.7 Å². The Kier molecular flexibility index (Phi) is 5.16. The average molecular weight is 375 g/mol. The van der Waals surface area contributed by atoms with Gasteiger partial charge in [-0.15, -0.1) is 5.10 Å². The van der Waals surface area contributed by atoms with Crippen molar-refractivity contribution in [1.29, 1.82) is 0 Å². The van der Waals surface area contributed by atoms with Gasteiger partial charge >= 0.3 is 0 Å². The van der Waals surface area contributed by atoms with Crippen LogP contribution < -0.4 is 5.32 Å². The summed E-state index contributed by atoms with van der Waals surface area (Å²) in [6, 6.07) is -1.06. The fourth-order valence-corrected chi connectivity index (χ4v) is 4.62. The maximum Gasteiger partial charge on any atom is 0.248 e. The number of carbonyl (C=O) groups is 2. The number of nitrogens with zero attached hydrogens (tertiary/aromatic N) is 4. The summed E-state index contributed by atoms with van der Waals surface area (Å²) in [7, 11) is 1.56. The monoisotopic (exact) mass is 375 g/mol. The van der Waals surface area contributed by atoms with Crippen molar-refractivity contribution in [3.63, 3.8) is 0 Å². The molecule has 4 rings (SSSR count). The second-order valence-corrected chi connectivity index (χ2v) is 8.25. The van der Waals surface area contributed by atoms with Gasteiger partial charge in [0.2, 0.25) is 11.8 Å². The standard InChI is InChI=1S/C19H29N5O3/c1-20-18(26)16-9-14(25)10-23(16)19(27)17(13-5-3-2-4-6-13)24-11-15(21-22-24)12-7-8-12/h11-14,16-17,25H,2-10H2,1H3,(H,20,26)/t14-,16+,17+/m1/s1. The summed E-state index contributed by atoms with van der Waals surface area (Å²) in [6.07, 6.45) is 9.21. The van der Waals surface area contributed by atoms with Gasteiger partial charge < -0.3 is 15.3 Å². The molecule has 3 aliphatic rings. The number of likely N-dealkylation sites (N-methyl/N-ethyl adjacent to an activating group) is 1. The molecular formula is C19H29N5O3. The van der Waals surface area contributed by atoms with Crippen molar-refractivity contribution in [3.05, 3.63) is 11.9 Å². The molecule has 1 aromatic heterocycles. The number of carbonyl (C=O) groups excluding carboxylic acids is 2. The second-order valence-electron chi connectivity index (χ2n) is 8.25. The molecule has 2 amide bonds. The molecule has 3 fully saturated rings. The molecule has 2 heterocycles. The second kappa shape index (κ2) is 7.58. The number of nitrogens with one attached hydrogen (secondary N) is 1. The fraction of sp³-hybridized carbons (Fsp3) is 0.789. The molecule has 3 atom stereocenters. The highest BCUT2D eigenvalue weighted by molar-refractivity contribution is 5.90. The van der Waals surface area contributed by atoms with E-state index in [-0.39, 0.29) is 30.7 Å². The van der Waals surface area contributed by atoms with Crippen molar-refractivity contribution < 1.29 is 14.7 Å². The van der Waals surface area contributed by atoms with E-state index in [4.69, 9.17) is 0 Å². The van der Waals surface area contributed by atoms with Gasteiger partial charge in [-0.3, -0.25) is 9.59 Å². The third-order valence-electron chi connectivity index (χ3n) is 6.27. The summed E-state index contributed by atoms with van der Waals surface area (Å²) in [5.41, 5.74) is 0.966. The number of amides is 2. The Morgan fingerprint density at radius 2 is 1.96 bits per heavy atom. The summed E-state index contributed by atoms with van der Waals surface area (Å²) in [5, 5.41) is 21.3. The van der Waals surface area contributed by atoms with E-state index in [1.807, 2.05) is 6.20 Å². The van der Waals surface area contributed by atoms with E-state index < -0.39 is 18.2 Å². The van der Waals surface area contributed by atoms with Crippen LogP contribution in [0.2, 0.25) is 0 Å². The molecule has 0 spiro atoms. The molecule has 1 saturated heterocycles. The Balaban J connectivity index is 1.62. The zero-order valence-electron chi connectivity index (χ0n) is 15.9. The van der Waals surface area contributed by atoms with Crippen molar-refractivity contribution in [2.45, 2.75) is 75.5 Å². The minimum absolute atomic E-state index is 0.112.